The van der Waals surface area contributed by atoms with Crippen molar-refractivity contribution in [2.45, 2.75) is 96.6 Å². The van der Waals surface area contributed by atoms with Crippen molar-refractivity contribution >= 4 is 23.1 Å². The molecule has 7 heteroatoms. The second kappa shape index (κ2) is 15.9. The molecule has 4 heterocycles. The van der Waals surface area contributed by atoms with E-state index in [0.29, 0.717) is 23.3 Å². The van der Waals surface area contributed by atoms with Crippen molar-refractivity contribution in [1.82, 2.24) is 9.97 Å². The van der Waals surface area contributed by atoms with Gasteiger partial charge in [0.25, 0.3) is 0 Å². The van der Waals surface area contributed by atoms with Crippen LogP contribution in [0.2, 0.25) is 0 Å². The van der Waals surface area contributed by atoms with Crippen molar-refractivity contribution in [2.24, 2.45) is 10.9 Å². The van der Waals surface area contributed by atoms with E-state index >= 15 is 0 Å². The van der Waals surface area contributed by atoms with Crippen LogP contribution in [0.4, 0.5) is 17.2 Å². The Balaban J connectivity index is 0.00000469. The molecule has 1 saturated carbocycles. The Morgan fingerprint density at radius 1 is 0.776 bits per heavy atom. The van der Waals surface area contributed by atoms with E-state index in [2.05, 4.69) is 125 Å². The SMILES string of the molecule is Cc1cc(Oc2[c-]c(C3=N[C@H](C4CCCCC4)[C@@H](c4ccccc4)O3)cc(-c3ccccn3)c2)[c-]c(N2c3ccc(C(C)(C)C)cc3C(C)(C)c3cccnc32)c1.[Pt+2]. The first kappa shape index (κ1) is 39.7. The first-order chi connectivity index (χ1) is 27.5. The Morgan fingerprint density at radius 2 is 1.53 bits per heavy atom. The van der Waals surface area contributed by atoms with Crippen LogP contribution in [0.1, 0.15) is 106 Å². The molecular formula is C51H50N4O2Pt. The van der Waals surface area contributed by atoms with E-state index in [9.17, 15) is 0 Å². The van der Waals surface area contributed by atoms with Gasteiger partial charge in [-0.3, -0.25) is 9.98 Å². The van der Waals surface area contributed by atoms with Gasteiger partial charge < -0.3 is 14.4 Å². The Labute approximate surface area is 358 Å². The van der Waals surface area contributed by atoms with Gasteiger partial charge in [-0.25, -0.2) is 4.98 Å². The minimum Gasteiger partial charge on any atom is -0.510 e. The molecule has 2 aromatic heterocycles. The number of hydrogen-bond donors (Lipinski definition) is 0. The number of anilines is 3. The number of benzene rings is 4. The smallest absolute Gasteiger partial charge is 0.510 e. The zero-order valence-corrected chi connectivity index (χ0v) is 36.4. The monoisotopic (exact) mass is 945 g/mol. The second-order valence-electron chi connectivity index (χ2n) is 17.5. The van der Waals surface area contributed by atoms with Gasteiger partial charge in [-0.1, -0.05) is 144 Å². The molecule has 0 spiro atoms. The molecule has 0 amide bonds. The van der Waals surface area contributed by atoms with Gasteiger partial charge in [0.05, 0.1) is 11.7 Å². The molecule has 0 saturated heterocycles. The summed E-state index contributed by atoms with van der Waals surface area (Å²) in [6.45, 7) is 13.5. The summed E-state index contributed by atoms with van der Waals surface area (Å²) in [6, 6.07) is 43.1. The maximum Gasteiger partial charge on any atom is 2.00 e. The third-order valence-corrected chi connectivity index (χ3v) is 12.0. The summed E-state index contributed by atoms with van der Waals surface area (Å²) in [6.07, 6.45) is 9.64. The molecule has 0 unspecified atom stereocenters. The molecule has 4 aromatic carbocycles. The quantitative estimate of drug-likeness (QED) is 0.149. The molecular weight excluding hydrogens is 896 g/mol. The predicted molar refractivity (Wildman–Crippen MR) is 229 cm³/mol. The summed E-state index contributed by atoms with van der Waals surface area (Å²) in [7, 11) is 0. The normalized spacial score (nSPS) is 18.7. The number of rotatable bonds is 7. The van der Waals surface area contributed by atoms with Gasteiger partial charge in [-0.05, 0) is 65.1 Å². The van der Waals surface area contributed by atoms with Crippen molar-refractivity contribution in [3.05, 3.63) is 161 Å². The molecule has 1 fully saturated rings. The molecule has 58 heavy (non-hydrogen) atoms. The van der Waals surface area contributed by atoms with Crippen LogP contribution in [0.5, 0.6) is 11.5 Å². The third kappa shape index (κ3) is 7.64. The van der Waals surface area contributed by atoms with Crippen LogP contribution in [0.3, 0.4) is 0 Å². The number of ether oxygens (including phenoxy) is 2. The Hall–Kier alpha value is -5.06. The summed E-state index contributed by atoms with van der Waals surface area (Å²) in [5.74, 6) is 3.09. The van der Waals surface area contributed by atoms with Gasteiger partial charge in [0.2, 0.25) is 0 Å². The molecule has 6 nitrogen and oxygen atoms in total. The molecule has 6 aromatic rings. The van der Waals surface area contributed by atoms with Crippen molar-refractivity contribution in [2.75, 3.05) is 4.90 Å². The molecule has 3 aliphatic rings. The number of nitrogens with zero attached hydrogens (tertiary/aromatic N) is 4. The fourth-order valence-corrected chi connectivity index (χ4v) is 8.91. The molecule has 9 rings (SSSR count). The summed E-state index contributed by atoms with van der Waals surface area (Å²) >= 11 is 0. The first-order valence-corrected chi connectivity index (χ1v) is 20.4. The van der Waals surface area contributed by atoms with E-state index in [1.807, 2.05) is 48.8 Å². The molecule has 296 valence electrons. The van der Waals surface area contributed by atoms with Crippen LogP contribution in [-0.2, 0) is 36.6 Å². The maximum atomic E-state index is 6.85. The van der Waals surface area contributed by atoms with E-state index in [1.165, 1.54) is 48.8 Å². The summed E-state index contributed by atoms with van der Waals surface area (Å²) in [5, 5.41) is 0. The minimum absolute atomic E-state index is 0. The van der Waals surface area contributed by atoms with Crippen LogP contribution in [0.25, 0.3) is 11.3 Å². The van der Waals surface area contributed by atoms with E-state index < -0.39 is 0 Å². The fraction of sp³-hybridized carbons (Fsp3) is 0.314. The Morgan fingerprint density at radius 3 is 2.29 bits per heavy atom. The van der Waals surface area contributed by atoms with Gasteiger partial charge in [0.15, 0.2) is 0 Å². The number of aliphatic imine (C=N–C) groups is 1. The van der Waals surface area contributed by atoms with Crippen molar-refractivity contribution in [3.63, 3.8) is 0 Å². The van der Waals surface area contributed by atoms with E-state index in [0.717, 1.165) is 45.1 Å². The summed E-state index contributed by atoms with van der Waals surface area (Å²) < 4.78 is 13.6. The average Bonchev–Trinajstić information content (AvgIpc) is 3.67. The molecule has 2 aliphatic heterocycles. The minimum atomic E-state index is -0.252. The van der Waals surface area contributed by atoms with E-state index in [-0.39, 0.29) is 44.0 Å². The summed E-state index contributed by atoms with van der Waals surface area (Å²) in [5.41, 5.74) is 10.1. The van der Waals surface area contributed by atoms with Gasteiger partial charge in [-0.15, -0.1) is 24.3 Å². The number of fused-ring (bicyclic) bond motifs is 2. The van der Waals surface area contributed by atoms with E-state index in [1.54, 1.807) is 0 Å². The van der Waals surface area contributed by atoms with Gasteiger partial charge in [0.1, 0.15) is 17.8 Å². The molecule has 0 N–H and O–H groups in total. The van der Waals surface area contributed by atoms with Crippen LogP contribution >= 0.6 is 0 Å². The van der Waals surface area contributed by atoms with E-state index in [4.69, 9.17) is 24.4 Å². The number of hydrogen-bond acceptors (Lipinski definition) is 6. The van der Waals surface area contributed by atoms with Crippen LogP contribution < -0.4 is 9.64 Å². The molecule has 2 atom stereocenters. The van der Waals surface area contributed by atoms with Crippen LogP contribution in [0.15, 0.2) is 121 Å². The largest absolute Gasteiger partial charge is 2.00 e. The van der Waals surface area contributed by atoms with Crippen molar-refractivity contribution in [3.8, 4) is 22.8 Å². The predicted octanol–water partition coefficient (Wildman–Crippen LogP) is 12.7. The summed E-state index contributed by atoms with van der Waals surface area (Å²) in [4.78, 5) is 17.3. The zero-order chi connectivity index (χ0) is 39.3. The molecule has 0 radical (unpaired) electrons. The van der Waals surface area contributed by atoms with Gasteiger partial charge in [0, 0.05) is 40.6 Å². The number of aromatic nitrogens is 2. The fourth-order valence-electron chi connectivity index (χ4n) is 8.91. The second-order valence-corrected chi connectivity index (χ2v) is 17.5. The van der Waals surface area contributed by atoms with Crippen molar-refractivity contribution in [1.29, 1.82) is 0 Å². The van der Waals surface area contributed by atoms with Crippen LogP contribution in [0, 0.1) is 25.0 Å². The topological polar surface area (TPSA) is 59.8 Å². The Kier molecular flexibility index (Phi) is 10.9. The zero-order valence-electron chi connectivity index (χ0n) is 34.2. The van der Waals surface area contributed by atoms with Crippen LogP contribution in [-0.4, -0.2) is 21.9 Å². The van der Waals surface area contributed by atoms with Crippen molar-refractivity contribution < 1.29 is 30.5 Å². The molecule has 1 aliphatic carbocycles. The Bertz CT molecular complexity index is 2450. The van der Waals surface area contributed by atoms with Gasteiger partial charge in [-0.2, -0.15) is 5.56 Å². The molecule has 0 bridgehead atoms. The third-order valence-electron chi connectivity index (χ3n) is 12.0. The first-order valence-electron chi connectivity index (χ1n) is 20.4. The standard InChI is InChI=1S/C51H50N4O2.Pt/c1-33-26-39(55-45-23-22-38(50(2,3)4)31-43(45)51(5,6)42-20-15-25-53-48(42)55)32-40(27-33)56-41-29-36(44-21-13-14-24-52-44)28-37(30-41)49-54-46(34-16-9-7-10-17-34)47(57-49)35-18-11-8-12-19-35;/h8,11-15,18-29,31,34,46-47H,7,9-10,16-17H2,1-6H3;/q-2;+2/t46-,47-;/m1./s1. The number of pyridine rings is 2. The van der Waals surface area contributed by atoms with Gasteiger partial charge >= 0.3 is 21.1 Å². The maximum absolute atomic E-state index is 6.85. The average molecular weight is 946 g/mol. The number of aryl methyl sites for hydroxylation is 1.